The van der Waals surface area contributed by atoms with E-state index in [9.17, 15) is 8.42 Å². The van der Waals surface area contributed by atoms with Gasteiger partial charge in [-0.1, -0.05) is 13.3 Å². The Morgan fingerprint density at radius 3 is 2.35 bits per heavy atom. The van der Waals surface area contributed by atoms with E-state index in [1.54, 1.807) is 14.0 Å². The molecule has 0 aliphatic heterocycles. The van der Waals surface area contributed by atoms with Crippen molar-refractivity contribution in [1.82, 2.24) is 14.9 Å². The van der Waals surface area contributed by atoms with Gasteiger partial charge >= 0.3 is 0 Å². The topological polar surface area (TPSA) is 73.8 Å². The number of sulfonamides is 1. The Morgan fingerprint density at radius 2 is 1.85 bits per heavy atom. The van der Waals surface area contributed by atoms with Crippen molar-refractivity contribution in [3.05, 3.63) is 0 Å². The quantitative estimate of drug-likeness (QED) is 0.255. The number of rotatable bonds is 9. The fourth-order valence-electron chi connectivity index (χ4n) is 1.50. The molecule has 0 aliphatic rings. The number of aliphatic imine (C=N–C) groups is 1. The van der Waals surface area contributed by atoms with Crippen molar-refractivity contribution in [2.75, 3.05) is 39.5 Å². The monoisotopic (exact) mass is 420 g/mol. The first kappa shape index (κ1) is 22.2. The lowest BCUT2D eigenvalue weighted by atomic mass is 10.3. The Hall–Kier alpha value is -0.0900. The minimum atomic E-state index is -3.07. The summed E-state index contributed by atoms with van der Waals surface area (Å²) in [5.41, 5.74) is 0. The molecule has 0 amide bonds. The van der Waals surface area contributed by atoms with Crippen LogP contribution in [0.15, 0.2) is 4.99 Å². The van der Waals surface area contributed by atoms with Gasteiger partial charge in [0.05, 0.1) is 5.75 Å². The normalized spacial score (nSPS) is 11.9. The highest BCUT2D eigenvalue weighted by atomic mass is 127. The zero-order valence-electron chi connectivity index (χ0n) is 13.0. The molecule has 0 radical (unpaired) electrons. The van der Waals surface area contributed by atoms with Crippen molar-refractivity contribution in [2.45, 2.75) is 33.1 Å². The zero-order chi connectivity index (χ0) is 14.7. The summed E-state index contributed by atoms with van der Waals surface area (Å²) in [6.45, 7) is 5.92. The molecule has 0 bridgehead atoms. The predicted octanol–water partition coefficient (Wildman–Crippen LogP) is 1.24. The molecule has 0 aromatic rings. The van der Waals surface area contributed by atoms with Crippen LogP contribution in [0.3, 0.4) is 0 Å². The number of hydrogen-bond acceptors (Lipinski definition) is 3. The molecular weight excluding hydrogens is 391 g/mol. The van der Waals surface area contributed by atoms with E-state index in [4.69, 9.17) is 0 Å². The number of guanidine groups is 1. The Kier molecular flexibility index (Phi) is 14.0. The second-order valence-electron chi connectivity index (χ2n) is 4.40. The third kappa shape index (κ3) is 10.7. The van der Waals surface area contributed by atoms with Gasteiger partial charge in [-0.05, 0) is 19.8 Å². The van der Waals surface area contributed by atoms with Gasteiger partial charge in [0.2, 0.25) is 10.0 Å². The maximum Gasteiger partial charge on any atom is 0.211 e. The first-order valence-electron chi connectivity index (χ1n) is 6.86. The minimum absolute atomic E-state index is 0. The van der Waals surface area contributed by atoms with Crippen molar-refractivity contribution in [3.63, 3.8) is 0 Å². The largest absolute Gasteiger partial charge is 0.356 e. The molecule has 6 nitrogen and oxygen atoms in total. The van der Waals surface area contributed by atoms with E-state index in [-0.39, 0.29) is 29.7 Å². The molecule has 2 N–H and O–H groups in total. The molecule has 0 unspecified atom stereocenters. The summed E-state index contributed by atoms with van der Waals surface area (Å²) >= 11 is 0. The van der Waals surface area contributed by atoms with Gasteiger partial charge in [0.1, 0.15) is 0 Å². The van der Waals surface area contributed by atoms with Crippen molar-refractivity contribution < 1.29 is 8.42 Å². The van der Waals surface area contributed by atoms with E-state index < -0.39 is 10.0 Å². The SMILES string of the molecule is CCCCN(C)C(=NC)NCCCNS(=O)(=O)CC.I. The van der Waals surface area contributed by atoms with Gasteiger partial charge in [-0.2, -0.15) is 0 Å². The van der Waals surface area contributed by atoms with Gasteiger partial charge < -0.3 is 10.2 Å². The van der Waals surface area contributed by atoms with Gasteiger partial charge in [-0.15, -0.1) is 24.0 Å². The molecule has 0 saturated carbocycles. The van der Waals surface area contributed by atoms with Gasteiger partial charge in [-0.25, -0.2) is 13.1 Å². The highest BCUT2D eigenvalue weighted by molar-refractivity contribution is 14.0. The first-order chi connectivity index (χ1) is 8.96. The molecule has 0 aromatic heterocycles. The fraction of sp³-hybridized carbons (Fsp3) is 0.917. The molecule has 122 valence electrons. The van der Waals surface area contributed by atoms with Crippen LogP contribution < -0.4 is 10.0 Å². The molecule has 0 fully saturated rings. The van der Waals surface area contributed by atoms with Crippen molar-refractivity contribution >= 4 is 40.0 Å². The molecule has 0 spiro atoms. The number of unbranched alkanes of at least 4 members (excludes halogenated alkanes) is 1. The van der Waals surface area contributed by atoms with Crippen LogP contribution in [-0.2, 0) is 10.0 Å². The lowest BCUT2D eigenvalue weighted by Gasteiger charge is -2.21. The molecule has 8 heteroatoms. The van der Waals surface area contributed by atoms with Crippen LogP contribution in [0.25, 0.3) is 0 Å². The first-order valence-corrected chi connectivity index (χ1v) is 8.51. The molecule has 0 rings (SSSR count). The molecule has 0 aliphatic carbocycles. The van der Waals surface area contributed by atoms with E-state index in [0.29, 0.717) is 13.1 Å². The second kappa shape index (κ2) is 12.6. The molecular formula is C12H29IN4O2S. The van der Waals surface area contributed by atoms with Crippen LogP contribution in [0.4, 0.5) is 0 Å². The highest BCUT2D eigenvalue weighted by Crippen LogP contribution is 1.92. The van der Waals surface area contributed by atoms with Gasteiger partial charge in [0.25, 0.3) is 0 Å². The predicted molar refractivity (Wildman–Crippen MR) is 96.4 cm³/mol. The summed E-state index contributed by atoms with van der Waals surface area (Å²) < 4.78 is 25.0. The summed E-state index contributed by atoms with van der Waals surface area (Å²) in [6, 6.07) is 0. The van der Waals surface area contributed by atoms with Crippen LogP contribution in [0.2, 0.25) is 0 Å². The standard InChI is InChI=1S/C12H28N4O2S.HI/c1-5-7-11-16(4)12(13-3)14-9-8-10-15-19(17,18)6-2;/h15H,5-11H2,1-4H3,(H,13,14);1H. The Morgan fingerprint density at radius 1 is 1.20 bits per heavy atom. The van der Waals surface area contributed by atoms with Gasteiger partial charge in [0.15, 0.2) is 5.96 Å². The highest BCUT2D eigenvalue weighted by Gasteiger charge is 2.06. The summed E-state index contributed by atoms with van der Waals surface area (Å²) in [6.07, 6.45) is 3.02. The second-order valence-corrected chi connectivity index (χ2v) is 6.50. The molecule has 0 atom stereocenters. The van der Waals surface area contributed by atoms with Crippen LogP contribution >= 0.6 is 24.0 Å². The number of nitrogens with one attached hydrogen (secondary N) is 2. The number of nitrogens with zero attached hydrogens (tertiary/aromatic N) is 2. The average Bonchev–Trinajstić information content (AvgIpc) is 2.40. The summed E-state index contributed by atoms with van der Waals surface area (Å²) in [7, 11) is 0.687. The Balaban J connectivity index is 0. The third-order valence-corrected chi connectivity index (χ3v) is 4.16. The molecule has 0 aromatic carbocycles. The van der Waals surface area contributed by atoms with Crippen molar-refractivity contribution in [1.29, 1.82) is 0 Å². The van der Waals surface area contributed by atoms with E-state index in [0.717, 1.165) is 31.8 Å². The molecule has 0 heterocycles. The fourth-order valence-corrected chi connectivity index (χ4v) is 2.16. The van der Waals surface area contributed by atoms with Gasteiger partial charge in [0, 0.05) is 33.7 Å². The van der Waals surface area contributed by atoms with E-state index in [1.165, 1.54) is 0 Å². The lowest BCUT2D eigenvalue weighted by molar-refractivity contribution is 0.464. The number of hydrogen-bond donors (Lipinski definition) is 2. The average molecular weight is 420 g/mol. The van der Waals surface area contributed by atoms with E-state index >= 15 is 0 Å². The maximum absolute atomic E-state index is 11.2. The van der Waals surface area contributed by atoms with Gasteiger partial charge in [-0.3, -0.25) is 4.99 Å². The summed E-state index contributed by atoms with van der Waals surface area (Å²) in [5.74, 6) is 0.980. The zero-order valence-corrected chi connectivity index (χ0v) is 16.1. The third-order valence-electron chi connectivity index (χ3n) is 2.76. The maximum atomic E-state index is 11.2. The van der Waals surface area contributed by atoms with Crippen LogP contribution in [0, 0.1) is 0 Å². The smallest absolute Gasteiger partial charge is 0.211 e. The van der Waals surface area contributed by atoms with E-state index in [1.807, 2.05) is 7.05 Å². The van der Waals surface area contributed by atoms with Crippen molar-refractivity contribution in [3.8, 4) is 0 Å². The molecule has 0 saturated heterocycles. The number of halogens is 1. The van der Waals surface area contributed by atoms with E-state index in [2.05, 4.69) is 26.9 Å². The van der Waals surface area contributed by atoms with Crippen molar-refractivity contribution in [2.24, 2.45) is 4.99 Å². The Bertz CT molecular complexity index is 360. The van der Waals surface area contributed by atoms with Crippen LogP contribution in [0.5, 0.6) is 0 Å². The van der Waals surface area contributed by atoms with Crippen LogP contribution in [-0.4, -0.2) is 58.8 Å². The van der Waals surface area contributed by atoms with Crippen LogP contribution in [0.1, 0.15) is 33.1 Å². The Labute approximate surface area is 140 Å². The lowest BCUT2D eigenvalue weighted by Crippen LogP contribution is -2.40. The minimum Gasteiger partial charge on any atom is -0.356 e. The molecule has 20 heavy (non-hydrogen) atoms. The summed E-state index contributed by atoms with van der Waals surface area (Å²) in [5, 5.41) is 3.22. The summed E-state index contributed by atoms with van der Waals surface area (Å²) in [4.78, 5) is 6.28.